The van der Waals surface area contributed by atoms with Gasteiger partial charge in [-0.3, -0.25) is 0 Å². The van der Waals surface area contributed by atoms with E-state index >= 15 is 0 Å². The molecule has 0 radical (unpaired) electrons. The number of ether oxygens (including phenoxy) is 1. The number of alkyl halides is 1. The van der Waals surface area contributed by atoms with E-state index in [9.17, 15) is 0 Å². The van der Waals surface area contributed by atoms with E-state index in [0.29, 0.717) is 5.92 Å². The van der Waals surface area contributed by atoms with Crippen LogP contribution in [0.3, 0.4) is 0 Å². The van der Waals surface area contributed by atoms with Crippen LogP contribution in [0.4, 0.5) is 0 Å². The SMILES string of the molecule is CCCC(C)COc1ccc(Br)c(CBr)c1. The number of benzene rings is 1. The first-order valence-corrected chi connectivity index (χ1v) is 7.56. The van der Waals surface area contributed by atoms with Gasteiger partial charge >= 0.3 is 0 Å². The Hall–Kier alpha value is -0.0200. The molecule has 0 bridgehead atoms. The van der Waals surface area contributed by atoms with Crippen LogP contribution in [0.2, 0.25) is 0 Å². The van der Waals surface area contributed by atoms with E-state index in [2.05, 4.69) is 51.8 Å². The lowest BCUT2D eigenvalue weighted by Gasteiger charge is -2.13. The summed E-state index contributed by atoms with van der Waals surface area (Å²) in [6.45, 7) is 5.24. The number of halogens is 2. The fraction of sp³-hybridized carbons (Fsp3) is 0.538. The molecular weight excluding hydrogens is 332 g/mol. The average molecular weight is 350 g/mol. The van der Waals surface area contributed by atoms with Crippen molar-refractivity contribution in [3.63, 3.8) is 0 Å². The largest absolute Gasteiger partial charge is 0.493 e. The minimum absolute atomic E-state index is 0.626. The Kier molecular flexibility index (Phi) is 6.44. The first-order chi connectivity index (χ1) is 7.67. The topological polar surface area (TPSA) is 9.23 Å². The molecule has 0 fully saturated rings. The predicted octanol–water partition coefficient (Wildman–Crippen LogP) is 5.16. The van der Waals surface area contributed by atoms with Gasteiger partial charge in [0.1, 0.15) is 5.75 Å². The summed E-state index contributed by atoms with van der Waals surface area (Å²) in [5.74, 6) is 1.58. The van der Waals surface area contributed by atoms with Crippen molar-refractivity contribution in [3.8, 4) is 5.75 Å². The van der Waals surface area contributed by atoms with Crippen LogP contribution < -0.4 is 4.74 Å². The van der Waals surface area contributed by atoms with Gasteiger partial charge in [0, 0.05) is 9.80 Å². The zero-order valence-corrected chi connectivity index (χ0v) is 13.0. The van der Waals surface area contributed by atoms with Gasteiger partial charge in [-0.05, 0) is 36.1 Å². The fourth-order valence-electron chi connectivity index (χ4n) is 1.56. The van der Waals surface area contributed by atoms with Crippen LogP contribution in [0.15, 0.2) is 22.7 Å². The number of hydrogen-bond acceptors (Lipinski definition) is 1. The van der Waals surface area contributed by atoms with Crippen molar-refractivity contribution in [2.24, 2.45) is 5.92 Å². The third-order valence-corrected chi connectivity index (χ3v) is 3.85. The molecule has 0 saturated carbocycles. The zero-order chi connectivity index (χ0) is 12.0. The molecule has 0 aliphatic carbocycles. The molecule has 1 unspecified atom stereocenters. The van der Waals surface area contributed by atoms with Crippen LogP contribution in [0.1, 0.15) is 32.3 Å². The molecule has 16 heavy (non-hydrogen) atoms. The normalized spacial score (nSPS) is 12.5. The van der Waals surface area contributed by atoms with Crippen molar-refractivity contribution in [2.75, 3.05) is 6.61 Å². The molecule has 1 atom stereocenters. The molecule has 0 spiro atoms. The molecule has 0 N–H and O–H groups in total. The molecule has 0 aliphatic rings. The summed E-state index contributed by atoms with van der Waals surface area (Å²) in [5, 5.41) is 0.843. The first-order valence-electron chi connectivity index (χ1n) is 5.64. The fourth-order valence-corrected chi connectivity index (χ4v) is 2.78. The summed E-state index contributed by atoms with van der Waals surface area (Å²) in [7, 11) is 0. The van der Waals surface area contributed by atoms with Gasteiger partial charge in [-0.2, -0.15) is 0 Å². The smallest absolute Gasteiger partial charge is 0.119 e. The Bertz CT molecular complexity index is 326. The minimum atomic E-state index is 0.626. The van der Waals surface area contributed by atoms with Crippen LogP contribution in [-0.2, 0) is 5.33 Å². The molecule has 3 heteroatoms. The first kappa shape index (κ1) is 14.0. The molecule has 1 rings (SSSR count). The predicted molar refractivity (Wildman–Crippen MR) is 76.3 cm³/mol. The van der Waals surface area contributed by atoms with E-state index in [4.69, 9.17) is 4.74 Å². The van der Waals surface area contributed by atoms with Gasteiger partial charge in [0.25, 0.3) is 0 Å². The molecular formula is C13H18Br2O. The standard InChI is InChI=1S/C13H18Br2O/c1-3-4-10(2)9-16-12-5-6-13(15)11(7-12)8-14/h5-7,10H,3-4,8-9H2,1-2H3. The Morgan fingerprint density at radius 3 is 2.75 bits per heavy atom. The Balaban J connectivity index is 2.54. The Labute approximate surface area is 115 Å². The van der Waals surface area contributed by atoms with Gasteiger partial charge < -0.3 is 4.74 Å². The maximum atomic E-state index is 5.78. The van der Waals surface area contributed by atoms with E-state index in [1.807, 2.05) is 12.1 Å². The second-order valence-electron chi connectivity index (χ2n) is 4.09. The van der Waals surface area contributed by atoms with Crippen LogP contribution >= 0.6 is 31.9 Å². The Morgan fingerprint density at radius 1 is 1.38 bits per heavy atom. The van der Waals surface area contributed by atoms with Crippen molar-refractivity contribution in [3.05, 3.63) is 28.2 Å². The third-order valence-electron chi connectivity index (χ3n) is 2.48. The van der Waals surface area contributed by atoms with Crippen molar-refractivity contribution >= 4 is 31.9 Å². The third kappa shape index (κ3) is 4.46. The highest BCUT2D eigenvalue weighted by Gasteiger charge is 2.04. The lowest BCUT2D eigenvalue weighted by atomic mass is 10.1. The summed E-state index contributed by atoms with van der Waals surface area (Å²) in [4.78, 5) is 0. The van der Waals surface area contributed by atoms with Gasteiger partial charge in [-0.15, -0.1) is 0 Å². The minimum Gasteiger partial charge on any atom is -0.493 e. The van der Waals surface area contributed by atoms with Gasteiger partial charge in [-0.25, -0.2) is 0 Å². The quantitative estimate of drug-likeness (QED) is 0.644. The molecule has 0 amide bonds. The highest BCUT2D eigenvalue weighted by atomic mass is 79.9. The highest BCUT2D eigenvalue weighted by molar-refractivity contribution is 9.10. The maximum Gasteiger partial charge on any atom is 0.119 e. The van der Waals surface area contributed by atoms with Crippen molar-refractivity contribution in [1.29, 1.82) is 0 Å². The van der Waals surface area contributed by atoms with E-state index < -0.39 is 0 Å². The van der Waals surface area contributed by atoms with Crippen molar-refractivity contribution in [1.82, 2.24) is 0 Å². The van der Waals surface area contributed by atoms with E-state index in [-0.39, 0.29) is 0 Å². The summed E-state index contributed by atoms with van der Waals surface area (Å²) in [5.41, 5.74) is 1.22. The Morgan fingerprint density at radius 2 is 2.12 bits per heavy atom. The highest BCUT2D eigenvalue weighted by Crippen LogP contribution is 2.25. The summed E-state index contributed by atoms with van der Waals surface area (Å²) < 4.78 is 6.90. The molecule has 1 aromatic rings. The van der Waals surface area contributed by atoms with E-state index in [1.165, 1.54) is 18.4 Å². The zero-order valence-electron chi connectivity index (χ0n) is 9.80. The second-order valence-corrected chi connectivity index (χ2v) is 5.51. The van der Waals surface area contributed by atoms with Crippen LogP contribution in [0.5, 0.6) is 5.75 Å². The van der Waals surface area contributed by atoms with Gasteiger partial charge in [-0.1, -0.05) is 52.1 Å². The van der Waals surface area contributed by atoms with Crippen molar-refractivity contribution < 1.29 is 4.74 Å². The van der Waals surface area contributed by atoms with Gasteiger partial charge in [0.05, 0.1) is 6.61 Å². The second kappa shape index (κ2) is 7.33. The van der Waals surface area contributed by atoms with Crippen molar-refractivity contribution in [2.45, 2.75) is 32.0 Å². The summed E-state index contributed by atoms with van der Waals surface area (Å²) in [6.07, 6.45) is 2.44. The van der Waals surface area contributed by atoms with Crippen LogP contribution in [0.25, 0.3) is 0 Å². The molecule has 1 aromatic carbocycles. The molecule has 1 nitrogen and oxygen atoms in total. The number of hydrogen-bond donors (Lipinski definition) is 0. The lowest BCUT2D eigenvalue weighted by Crippen LogP contribution is -2.08. The number of rotatable bonds is 6. The molecule has 0 saturated heterocycles. The van der Waals surface area contributed by atoms with E-state index in [0.717, 1.165) is 22.2 Å². The van der Waals surface area contributed by atoms with Crippen LogP contribution in [0, 0.1) is 5.92 Å². The van der Waals surface area contributed by atoms with E-state index in [1.54, 1.807) is 0 Å². The average Bonchev–Trinajstić information content (AvgIpc) is 2.28. The summed E-state index contributed by atoms with van der Waals surface area (Å²) >= 11 is 6.97. The maximum absolute atomic E-state index is 5.78. The molecule has 0 heterocycles. The van der Waals surface area contributed by atoms with Gasteiger partial charge in [0.2, 0.25) is 0 Å². The molecule has 90 valence electrons. The van der Waals surface area contributed by atoms with Crippen LogP contribution in [-0.4, -0.2) is 6.61 Å². The monoisotopic (exact) mass is 348 g/mol. The van der Waals surface area contributed by atoms with Gasteiger partial charge in [0.15, 0.2) is 0 Å². The summed E-state index contributed by atoms with van der Waals surface area (Å²) in [6, 6.07) is 6.13. The molecule has 0 aromatic heterocycles. The molecule has 0 aliphatic heterocycles. The lowest BCUT2D eigenvalue weighted by molar-refractivity contribution is 0.251.